The highest BCUT2D eigenvalue weighted by atomic mass is 14.4. The van der Waals surface area contributed by atoms with Crippen LogP contribution < -0.4 is 0 Å². The first kappa shape index (κ1) is 14.7. The van der Waals surface area contributed by atoms with Crippen molar-refractivity contribution in [3.8, 4) is 0 Å². The zero-order valence-corrected chi connectivity index (χ0v) is 13.7. The Morgan fingerprint density at radius 1 is 0.850 bits per heavy atom. The summed E-state index contributed by atoms with van der Waals surface area (Å²) in [6.07, 6.45) is 20.0. The molecule has 0 saturated heterocycles. The van der Waals surface area contributed by atoms with Crippen LogP contribution in [0.3, 0.4) is 0 Å². The van der Waals surface area contributed by atoms with Gasteiger partial charge in [0.2, 0.25) is 0 Å². The highest BCUT2D eigenvalue weighted by Gasteiger charge is 2.36. The summed E-state index contributed by atoms with van der Waals surface area (Å²) in [6.45, 7) is 4.62. The van der Waals surface area contributed by atoms with Gasteiger partial charge in [-0.15, -0.1) is 0 Å². The van der Waals surface area contributed by atoms with E-state index < -0.39 is 0 Å². The SMILES string of the molecule is C/C=C/C1CCC(C2CCC(CC3CC3C)CC2)CC1. The van der Waals surface area contributed by atoms with E-state index in [4.69, 9.17) is 0 Å². The molecule has 0 heteroatoms. The highest BCUT2D eigenvalue weighted by Crippen LogP contribution is 2.47. The van der Waals surface area contributed by atoms with Gasteiger partial charge >= 0.3 is 0 Å². The molecule has 0 aromatic rings. The summed E-state index contributed by atoms with van der Waals surface area (Å²) in [5.41, 5.74) is 0. The van der Waals surface area contributed by atoms with Gasteiger partial charge in [-0.1, -0.05) is 31.9 Å². The van der Waals surface area contributed by atoms with Crippen molar-refractivity contribution in [1.29, 1.82) is 0 Å². The molecule has 3 saturated carbocycles. The second-order valence-electron chi connectivity index (χ2n) is 8.19. The molecular formula is C20H34. The van der Waals surface area contributed by atoms with E-state index in [0.717, 1.165) is 35.5 Å². The molecule has 0 aliphatic heterocycles. The lowest BCUT2D eigenvalue weighted by atomic mass is 9.68. The first-order valence-electron chi connectivity index (χ1n) is 9.39. The average molecular weight is 274 g/mol. The van der Waals surface area contributed by atoms with Crippen molar-refractivity contribution in [3.63, 3.8) is 0 Å². The van der Waals surface area contributed by atoms with Crippen LogP contribution in [0.4, 0.5) is 0 Å². The molecule has 2 atom stereocenters. The number of rotatable bonds is 4. The van der Waals surface area contributed by atoms with E-state index >= 15 is 0 Å². The minimum Gasteiger partial charge on any atom is -0.0914 e. The van der Waals surface area contributed by atoms with Crippen molar-refractivity contribution in [2.75, 3.05) is 0 Å². The molecule has 3 rings (SSSR count). The molecule has 0 aromatic heterocycles. The third-order valence-corrected chi connectivity index (χ3v) is 6.75. The van der Waals surface area contributed by atoms with Gasteiger partial charge in [0.05, 0.1) is 0 Å². The fourth-order valence-electron chi connectivity index (χ4n) is 5.13. The Hall–Kier alpha value is -0.260. The van der Waals surface area contributed by atoms with E-state index in [1.165, 1.54) is 32.1 Å². The van der Waals surface area contributed by atoms with Crippen LogP contribution in [-0.2, 0) is 0 Å². The highest BCUT2D eigenvalue weighted by molar-refractivity contribution is 4.91. The molecule has 3 aliphatic rings. The lowest BCUT2D eigenvalue weighted by molar-refractivity contribution is 0.150. The van der Waals surface area contributed by atoms with Gasteiger partial charge in [0.15, 0.2) is 0 Å². The van der Waals surface area contributed by atoms with Crippen molar-refractivity contribution in [3.05, 3.63) is 12.2 Å². The average Bonchev–Trinajstić information content (AvgIpc) is 3.16. The number of allylic oxidation sites excluding steroid dienone is 2. The Kier molecular flexibility index (Phi) is 4.89. The Morgan fingerprint density at radius 2 is 1.40 bits per heavy atom. The van der Waals surface area contributed by atoms with Crippen LogP contribution in [0.5, 0.6) is 0 Å². The molecule has 0 heterocycles. The van der Waals surface area contributed by atoms with Crippen molar-refractivity contribution in [2.24, 2.45) is 35.5 Å². The molecule has 0 spiro atoms. The molecule has 114 valence electrons. The molecule has 0 radical (unpaired) electrons. The van der Waals surface area contributed by atoms with Gasteiger partial charge in [-0.25, -0.2) is 0 Å². The van der Waals surface area contributed by atoms with Crippen molar-refractivity contribution < 1.29 is 0 Å². The summed E-state index contributed by atoms with van der Waals surface area (Å²) in [5, 5.41) is 0. The third kappa shape index (κ3) is 3.68. The van der Waals surface area contributed by atoms with E-state index in [9.17, 15) is 0 Å². The van der Waals surface area contributed by atoms with E-state index in [1.807, 2.05) is 0 Å². The number of hydrogen-bond acceptors (Lipinski definition) is 0. The summed E-state index contributed by atoms with van der Waals surface area (Å²) in [5.74, 6) is 6.36. The monoisotopic (exact) mass is 274 g/mol. The molecule has 0 aromatic carbocycles. The molecule has 0 nitrogen and oxygen atoms in total. The zero-order valence-electron chi connectivity index (χ0n) is 13.7. The Morgan fingerprint density at radius 3 is 1.90 bits per heavy atom. The minimum absolute atomic E-state index is 0.906. The summed E-state index contributed by atoms with van der Waals surface area (Å²) in [7, 11) is 0. The van der Waals surface area contributed by atoms with Crippen LogP contribution in [0.1, 0.15) is 78.1 Å². The molecule has 3 aliphatic carbocycles. The van der Waals surface area contributed by atoms with Crippen LogP contribution in [0, 0.1) is 35.5 Å². The van der Waals surface area contributed by atoms with Crippen LogP contribution in [0.2, 0.25) is 0 Å². The molecule has 0 amide bonds. The normalized spacial score (nSPS) is 45.7. The molecule has 0 N–H and O–H groups in total. The predicted octanol–water partition coefficient (Wildman–Crippen LogP) is 6.22. The summed E-state index contributed by atoms with van der Waals surface area (Å²) >= 11 is 0. The van der Waals surface area contributed by atoms with Gasteiger partial charge in [0, 0.05) is 0 Å². The molecule has 0 bridgehead atoms. The first-order valence-corrected chi connectivity index (χ1v) is 9.39. The topological polar surface area (TPSA) is 0 Å². The Bertz CT molecular complexity index is 313. The maximum atomic E-state index is 2.45. The van der Waals surface area contributed by atoms with Crippen LogP contribution in [-0.4, -0.2) is 0 Å². The Labute approximate surface area is 126 Å². The third-order valence-electron chi connectivity index (χ3n) is 6.75. The lowest BCUT2D eigenvalue weighted by Crippen LogP contribution is -2.25. The van der Waals surface area contributed by atoms with E-state index in [1.54, 1.807) is 32.1 Å². The van der Waals surface area contributed by atoms with Gasteiger partial charge in [-0.2, -0.15) is 0 Å². The second-order valence-corrected chi connectivity index (χ2v) is 8.19. The van der Waals surface area contributed by atoms with E-state index in [0.29, 0.717) is 0 Å². The summed E-state index contributed by atoms with van der Waals surface area (Å²) in [6, 6.07) is 0. The second kappa shape index (κ2) is 6.67. The summed E-state index contributed by atoms with van der Waals surface area (Å²) < 4.78 is 0. The maximum absolute atomic E-state index is 2.45. The van der Waals surface area contributed by atoms with Gasteiger partial charge < -0.3 is 0 Å². The molecular weight excluding hydrogens is 240 g/mol. The van der Waals surface area contributed by atoms with Gasteiger partial charge in [-0.05, 0) is 93.8 Å². The Balaban J connectivity index is 1.38. The predicted molar refractivity (Wildman–Crippen MR) is 87.6 cm³/mol. The maximum Gasteiger partial charge on any atom is -0.0233 e. The van der Waals surface area contributed by atoms with Crippen molar-refractivity contribution >= 4 is 0 Å². The van der Waals surface area contributed by atoms with E-state index in [2.05, 4.69) is 26.0 Å². The smallest absolute Gasteiger partial charge is 0.0233 e. The first-order chi connectivity index (χ1) is 9.76. The van der Waals surface area contributed by atoms with Crippen LogP contribution in [0.25, 0.3) is 0 Å². The summed E-state index contributed by atoms with van der Waals surface area (Å²) in [4.78, 5) is 0. The standard InChI is InChI=1S/C20H34/c1-3-4-16-5-9-18(10-6-16)19-11-7-17(8-12-19)14-20-13-15(20)2/h3-4,15-20H,5-14H2,1-2H3/b4-3+. The largest absolute Gasteiger partial charge is 0.0914 e. The minimum atomic E-state index is 0.906. The lowest BCUT2D eigenvalue weighted by Gasteiger charge is -2.37. The van der Waals surface area contributed by atoms with Crippen LogP contribution >= 0.6 is 0 Å². The van der Waals surface area contributed by atoms with Crippen LogP contribution in [0.15, 0.2) is 12.2 Å². The quantitative estimate of drug-likeness (QED) is 0.534. The van der Waals surface area contributed by atoms with Gasteiger partial charge in [0.1, 0.15) is 0 Å². The van der Waals surface area contributed by atoms with Gasteiger partial charge in [0.25, 0.3) is 0 Å². The zero-order chi connectivity index (χ0) is 13.9. The fourth-order valence-corrected chi connectivity index (χ4v) is 5.13. The molecule has 20 heavy (non-hydrogen) atoms. The fraction of sp³-hybridized carbons (Fsp3) is 0.900. The molecule has 2 unspecified atom stereocenters. The van der Waals surface area contributed by atoms with E-state index in [-0.39, 0.29) is 0 Å². The van der Waals surface area contributed by atoms with Crippen molar-refractivity contribution in [2.45, 2.75) is 78.1 Å². The van der Waals surface area contributed by atoms with Crippen molar-refractivity contribution in [1.82, 2.24) is 0 Å². The number of hydrogen-bond donors (Lipinski definition) is 0. The molecule has 3 fully saturated rings. The van der Waals surface area contributed by atoms with Gasteiger partial charge in [-0.3, -0.25) is 0 Å².